The average molecular weight is 368 g/mol. The molecule has 1 aliphatic rings. The van der Waals surface area contributed by atoms with Crippen LogP contribution in [0.4, 0.5) is 5.82 Å². The Kier molecular flexibility index (Phi) is 4.64. The average Bonchev–Trinajstić information content (AvgIpc) is 3.16. The van der Waals surface area contributed by atoms with Gasteiger partial charge in [0.25, 0.3) is 5.91 Å². The number of nitrogens with one attached hydrogen (secondary N) is 1. The van der Waals surface area contributed by atoms with E-state index in [0.717, 1.165) is 31.9 Å². The fourth-order valence-corrected chi connectivity index (χ4v) is 3.80. The summed E-state index contributed by atoms with van der Waals surface area (Å²) >= 11 is 6.07. The molecule has 8 heteroatoms. The third kappa shape index (κ3) is 3.47. The van der Waals surface area contributed by atoms with Gasteiger partial charge in [0.05, 0.1) is 27.7 Å². The molecule has 128 valence electrons. The van der Waals surface area contributed by atoms with Gasteiger partial charge in [-0.3, -0.25) is 4.79 Å². The Bertz CT molecular complexity index is 870. The number of benzene rings is 1. The van der Waals surface area contributed by atoms with Gasteiger partial charge in [0.2, 0.25) is 0 Å². The van der Waals surface area contributed by atoms with E-state index in [4.69, 9.17) is 11.6 Å². The van der Waals surface area contributed by atoms with E-state index in [2.05, 4.69) is 10.4 Å². The summed E-state index contributed by atoms with van der Waals surface area (Å²) in [7, 11) is -3.42. The predicted octanol–water partition coefficient (Wildman–Crippen LogP) is 3.31. The smallest absolute Gasteiger partial charge is 0.258 e. The molecule has 1 N–H and O–H groups in total. The summed E-state index contributed by atoms with van der Waals surface area (Å²) in [6, 6.07) is 6.11. The molecule has 6 nitrogen and oxygen atoms in total. The lowest BCUT2D eigenvalue weighted by atomic mass is 10.2. The number of halogens is 1. The van der Waals surface area contributed by atoms with Crippen LogP contribution in [0, 0.1) is 0 Å². The zero-order valence-electron chi connectivity index (χ0n) is 13.2. The second-order valence-electron chi connectivity index (χ2n) is 5.97. The van der Waals surface area contributed by atoms with Crippen LogP contribution in [0.2, 0.25) is 5.02 Å². The van der Waals surface area contributed by atoms with E-state index in [1.807, 2.05) is 4.68 Å². The molecular formula is C16H18ClN3O3S. The van der Waals surface area contributed by atoms with Gasteiger partial charge in [-0.05, 0) is 31.0 Å². The van der Waals surface area contributed by atoms with Gasteiger partial charge in [-0.2, -0.15) is 5.10 Å². The number of carbonyl (C=O) groups is 1. The Morgan fingerprint density at radius 1 is 1.29 bits per heavy atom. The summed E-state index contributed by atoms with van der Waals surface area (Å²) in [6.45, 7) is 0. The van der Waals surface area contributed by atoms with E-state index in [1.54, 1.807) is 12.3 Å². The van der Waals surface area contributed by atoms with Crippen LogP contribution in [0.1, 0.15) is 42.1 Å². The van der Waals surface area contributed by atoms with Crippen molar-refractivity contribution in [2.45, 2.75) is 36.6 Å². The molecule has 0 atom stereocenters. The number of carbonyl (C=O) groups excluding carboxylic acids is 1. The van der Waals surface area contributed by atoms with E-state index >= 15 is 0 Å². The molecule has 3 rings (SSSR count). The van der Waals surface area contributed by atoms with Crippen LogP contribution < -0.4 is 5.32 Å². The third-order valence-electron chi connectivity index (χ3n) is 4.19. The first-order chi connectivity index (χ1) is 11.4. The Labute approximate surface area is 145 Å². The lowest BCUT2D eigenvalue weighted by Gasteiger charge is -2.15. The predicted molar refractivity (Wildman–Crippen MR) is 92.2 cm³/mol. The number of aromatic nitrogens is 2. The second-order valence-corrected chi connectivity index (χ2v) is 8.39. The number of amides is 1. The van der Waals surface area contributed by atoms with Crippen molar-refractivity contribution in [1.82, 2.24) is 9.78 Å². The number of hydrogen-bond donors (Lipinski definition) is 1. The molecular weight excluding hydrogens is 350 g/mol. The van der Waals surface area contributed by atoms with Crippen LogP contribution in [0.5, 0.6) is 0 Å². The zero-order chi connectivity index (χ0) is 17.3. The Morgan fingerprint density at radius 3 is 2.67 bits per heavy atom. The minimum absolute atomic E-state index is 0.0568. The van der Waals surface area contributed by atoms with Gasteiger partial charge in [-0.25, -0.2) is 13.1 Å². The van der Waals surface area contributed by atoms with Crippen molar-refractivity contribution in [3.05, 3.63) is 41.0 Å². The standard InChI is InChI=1S/C16H18ClN3O3S/c1-24(22,23)12-6-7-14(17)13(10-12)16(21)19-15-8-9-18-20(15)11-4-2-3-5-11/h6-11H,2-5H2,1H3,(H,19,21). The molecule has 1 amide bonds. The SMILES string of the molecule is CS(=O)(=O)c1ccc(Cl)c(C(=O)Nc2ccnn2C2CCCC2)c1. The molecule has 0 saturated heterocycles. The molecule has 0 spiro atoms. The van der Waals surface area contributed by atoms with Crippen molar-refractivity contribution in [2.24, 2.45) is 0 Å². The Hall–Kier alpha value is -1.86. The summed E-state index contributed by atoms with van der Waals surface area (Å²) in [5.74, 6) is 0.137. The minimum Gasteiger partial charge on any atom is -0.307 e. The van der Waals surface area contributed by atoms with E-state index in [9.17, 15) is 13.2 Å². The molecule has 1 aliphatic carbocycles. The van der Waals surface area contributed by atoms with Crippen molar-refractivity contribution in [3.8, 4) is 0 Å². The summed E-state index contributed by atoms with van der Waals surface area (Å²) < 4.78 is 25.2. The fourth-order valence-electron chi connectivity index (χ4n) is 2.95. The van der Waals surface area contributed by atoms with Gasteiger partial charge in [0, 0.05) is 12.3 Å². The fraction of sp³-hybridized carbons (Fsp3) is 0.375. The summed E-state index contributed by atoms with van der Waals surface area (Å²) in [4.78, 5) is 12.6. The number of hydrogen-bond acceptors (Lipinski definition) is 4. The van der Waals surface area contributed by atoms with Gasteiger partial charge in [-0.1, -0.05) is 24.4 Å². The van der Waals surface area contributed by atoms with Gasteiger partial charge >= 0.3 is 0 Å². The molecule has 0 aliphatic heterocycles. The molecule has 1 fully saturated rings. The Balaban J connectivity index is 1.87. The van der Waals surface area contributed by atoms with Gasteiger partial charge < -0.3 is 5.32 Å². The van der Waals surface area contributed by atoms with Crippen molar-refractivity contribution >= 4 is 33.2 Å². The Morgan fingerprint density at radius 2 is 2.00 bits per heavy atom. The van der Waals surface area contributed by atoms with Crippen LogP contribution in [0.3, 0.4) is 0 Å². The highest BCUT2D eigenvalue weighted by Crippen LogP contribution is 2.31. The van der Waals surface area contributed by atoms with E-state index in [0.29, 0.717) is 5.82 Å². The lowest BCUT2D eigenvalue weighted by Crippen LogP contribution is -2.18. The monoisotopic (exact) mass is 367 g/mol. The molecule has 0 radical (unpaired) electrons. The second kappa shape index (κ2) is 6.57. The molecule has 0 bridgehead atoms. The van der Waals surface area contributed by atoms with Crippen molar-refractivity contribution in [3.63, 3.8) is 0 Å². The van der Waals surface area contributed by atoms with Crippen molar-refractivity contribution < 1.29 is 13.2 Å². The first kappa shape index (κ1) is 17.0. The topological polar surface area (TPSA) is 81.1 Å². The van der Waals surface area contributed by atoms with Crippen molar-refractivity contribution in [1.29, 1.82) is 0 Å². The van der Waals surface area contributed by atoms with Crippen molar-refractivity contribution in [2.75, 3.05) is 11.6 Å². The summed E-state index contributed by atoms with van der Waals surface area (Å²) in [6.07, 6.45) is 7.11. The molecule has 1 aromatic heterocycles. The highest BCUT2D eigenvalue weighted by molar-refractivity contribution is 7.90. The van der Waals surface area contributed by atoms with E-state index < -0.39 is 15.7 Å². The number of sulfone groups is 1. The van der Waals surface area contributed by atoms with Crippen LogP contribution in [-0.4, -0.2) is 30.4 Å². The number of nitrogens with zero attached hydrogens (tertiary/aromatic N) is 2. The van der Waals surface area contributed by atoms with Crippen LogP contribution in [0.15, 0.2) is 35.4 Å². The summed E-state index contributed by atoms with van der Waals surface area (Å²) in [5, 5.41) is 7.28. The largest absolute Gasteiger partial charge is 0.307 e. The zero-order valence-corrected chi connectivity index (χ0v) is 14.8. The molecule has 24 heavy (non-hydrogen) atoms. The van der Waals surface area contributed by atoms with E-state index in [1.165, 1.54) is 18.2 Å². The van der Waals surface area contributed by atoms with Gasteiger partial charge in [0.15, 0.2) is 9.84 Å². The lowest BCUT2D eigenvalue weighted by molar-refractivity contribution is 0.102. The molecule has 0 unspecified atom stereocenters. The highest BCUT2D eigenvalue weighted by Gasteiger charge is 2.22. The third-order valence-corrected chi connectivity index (χ3v) is 5.63. The van der Waals surface area contributed by atoms with Crippen LogP contribution in [0.25, 0.3) is 0 Å². The van der Waals surface area contributed by atoms with Gasteiger partial charge in [0.1, 0.15) is 5.82 Å². The van der Waals surface area contributed by atoms with Crippen LogP contribution in [-0.2, 0) is 9.84 Å². The quantitative estimate of drug-likeness (QED) is 0.898. The number of rotatable bonds is 4. The molecule has 1 saturated carbocycles. The maximum absolute atomic E-state index is 12.5. The highest BCUT2D eigenvalue weighted by atomic mass is 35.5. The van der Waals surface area contributed by atoms with E-state index in [-0.39, 0.29) is 21.5 Å². The first-order valence-corrected chi connectivity index (χ1v) is 9.97. The maximum Gasteiger partial charge on any atom is 0.258 e. The van der Waals surface area contributed by atoms with Gasteiger partial charge in [-0.15, -0.1) is 0 Å². The normalized spacial score (nSPS) is 15.6. The minimum atomic E-state index is -3.42. The molecule has 2 aromatic rings. The molecule has 1 aromatic carbocycles. The summed E-state index contributed by atoms with van der Waals surface area (Å²) in [5.41, 5.74) is 0.124. The molecule has 1 heterocycles. The number of anilines is 1. The maximum atomic E-state index is 12.5. The first-order valence-electron chi connectivity index (χ1n) is 7.71. The van der Waals surface area contributed by atoms with Crippen LogP contribution >= 0.6 is 11.6 Å².